The molecule has 0 aliphatic heterocycles. The number of nitrogen functional groups attached to an aromatic ring is 1. The van der Waals surface area contributed by atoms with Crippen molar-refractivity contribution in [2.45, 2.75) is 53.0 Å². The molecule has 20 heavy (non-hydrogen) atoms. The topological polar surface area (TPSA) is 78.9 Å². The van der Waals surface area contributed by atoms with E-state index in [1.807, 2.05) is 0 Å². The summed E-state index contributed by atoms with van der Waals surface area (Å²) < 4.78 is 0. The van der Waals surface area contributed by atoms with Gasteiger partial charge in [-0.1, -0.05) is 27.2 Å². The highest BCUT2D eigenvalue weighted by Gasteiger charge is 2.21. The maximum atomic E-state index is 11.8. The predicted octanol–water partition coefficient (Wildman–Crippen LogP) is 4.03. The van der Waals surface area contributed by atoms with Crippen molar-refractivity contribution in [2.24, 2.45) is 5.92 Å². The molecule has 2 atom stereocenters. The monoisotopic (exact) mass is 293 g/mol. The number of rotatable bonds is 7. The maximum Gasteiger partial charge on any atom is 0.174 e. The molecule has 0 fully saturated rings. The molecule has 1 heterocycles. The van der Waals surface area contributed by atoms with Crippen LogP contribution >= 0.6 is 11.3 Å². The number of hydrogen-bond donors (Lipinski definition) is 2. The van der Waals surface area contributed by atoms with Crippen molar-refractivity contribution in [3.05, 3.63) is 10.4 Å². The number of ketones is 1. The summed E-state index contributed by atoms with van der Waals surface area (Å²) in [6.45, 7) is 8.26. The van der Waals surface area contributed by atoms with Gasteiger partial charge in [-0.2, -0.15) is 5.26 Å². The van der Waals surface area contributed by atoms with Crippen LogP contribution in [0.3, 0.4) is 0 Å². The van der Waals surface area contributed by atoms with Gasteiger partial charge in [-0.05, 0) is 19.3 Å². The Hall–Kier alpha value is -1.54. The van der Waals surface area contributed by atoms with Crippen molar-refractivity contribution in [3.8, 4) is 6.07 Å². The fourth-order valence-electron chi connectivity index (χ4n) is 2.08. The van der Waals surface area contributed by atoms with E-state index < -0.39 is 0 Å². The molecule has 1 aromatic heterocycles. The van der Waals surface area contributed by atoms with Gasteiger partial charge in [-0.3, -0.25) is 4.79 Å². The summed E-state index contributed by atoms with van der Waals surface area (Å²) in [5.41, 5.74) is 6.65. The van der Waals surface area contributed by atoms with Gasteiger partial charge in [0.15, 0.2) is 5.78 Å². The number of nitriles is 1. The molecule has 4 nitrogen and oxygen atoms in total. The second kappa shape index (κ2) is 7.30. The highest BCUT2D eigenvalue weighted by Crippen LogP contribution is 2.36. The van der Waals surface area contributed by atoms with Gasteiger partial charge in [0.1, 0.15) is 16.6 Å². The lowest BCUT2D eigenvalue weighted by Crippen LogP contribution is -2.18. The van der Waals surface area contributed by atoms with E-state index in [2.05, 4.69) is 32.2 Å². The Morgan fingerprint density at radius 1 is 1.45 bits per heavy atom. The Morgan fingerprint density at radius 2 is 2.10 bits per heavy atom. The average molecular weight is 293 g/mol. The normalized spacial score (nSPS) is 13.6. The predicted molar refractivity (Wildman–Crippen MR) is 85.2 cm³/mol. The largest absolute Gasteiger partial charge is 0.396 e. The van der Waals surface area contributed by atoms with Crippen molar-refractivity contribution in [3.63, 3.8) is 0 Å². The Bertz CT molecular complexity index is 516. The molecule has 5 heteroatoms. The first-order valence-corrected chi connectivity index (χ1v) is 7.88. The molecule has 0 amide bonds. The summed E-state index contributed by atoms with van der Waals surface area (Å²) in [5, 5.41) is 13.3. The third kappa shape index (κ3) is 3.73. The van der Waals surface area contributed by atoms with Crippen LogP contribution in [-0.4, -0.2) is 11.8 Å². The third-order valence-electron chi connectivity index (χ3n) is 3.46. The first-order valence-electron chi connectivity index (χ1n) is 7.06. The summed E-state index contributed by atoms with van der Waals surface area (Å²) >= 11 is 1.30. The number of nitrogens with zero attached hydrogens (tertiary/aromatic N) is 1. The standard InChI is InChI=1S/C15H23N3OS/c1-5-9(3)7-10(4)18-15-11(8-16)13(17)14(20-15)12(19)6-2/h9-10,18H,5-7,17H2,1-4H3. The summed E-state index contributed by atoms with van der Waals surface area (Å²) in [5.74, 6) is 0.615. The van der Waals surface area contributed by atoms with E-state index in [0.29, 0.717) is 28.5 Å². The first kappa shape index (κ1) is 16.5. The first-order chi connectivity index (χ1) is 9.44. The van der Waals surface area contributed by atoms with Crippen LogP contribution in [0.2, 0.25) is 0 Å². The number of thiophene rings is 1. The second-order valence-electron chi connectivity index (χ2n) is 5.23. The quantitative estimate of drug-likeness (QED) is 0.744. The molecule has 3 N–H and O–H groups in total. The smallest absolute Gasteiger partial charge is 0.174 e. The number of nitrogens with one attached hydrogen (secondary N) is 1. The SMILES string of the molecule is CCC(=O)c1sc(NC(C)CC(C)CC)c(C#N)c1N. The van der Waals surface area contributed by atoms with Gasteiger partial charge in [0.2, 0.25) is 0 Å². The van der Waals surface area contributed by atoms with E-state index in [-0.39, 0.29) is 11.8 Å². The van der Waals surface area contributed by atoms with E-state index in [4.69, 9.17) is 5.73 Å². The van der Waals surface area contributed by atoms with Crippen LogP contribution in [0.4, 0.5) is 10.7 Å². The van der Waals surface area contributed by atoms with Crippen LogP contribution in [0.15, 0.2) is 0 Å². The van der Waals surface area contributed by atoms with Gasteiger partial charge >= 0.3 is 0 Å². The molecule has 1 aromatic rings. The van der Waals surface area contributed by atoms with E-state index in [0.717, 1.165) is 17.8 Å². The number of Topliss-reactive ketones (excluding diaryl/α,β-unsaturated/α-hetero) is 1. The van der Waals surface area contributed by atoms with Crippen molar-refractivity contribution in [2.75, 3.05) is 11.1 Å². The van der Waals surface area contributed by atoms with Gasteiger partial charge in [0.25, 0.3) is 0 Å². The van der Waals surface area contributed by atoms with Crippen LogP contribution in [0.1, 0.15) is 62.2 Å². The number of carbonyl (C=O) groups is 1. The minimum absolute atomic E-state index is 0.00775. The number of hydrogen-bond acceptors (Lipinski definition) is 5. The fraction of sp³-hybridized carbons (Fsp3) is 0.600. The van der Waals surface area contributed by atoms with E-state index in [1.54, 1.807) is 6.92 Å². The van der Waals surface area contributed by atoms with E-state index in [1.165, 1.54) is 11.3 Å². The Kier molecular flexibility index (Phi) is 6.03. The van der Waals surface area contributed by atoms with Crippen LogP contribution < -0.4 is 11.1 Å². The van der Waals surface area contributed by atoms with Crippen LogP contribution in [0.25, 0.3) is 0 Å². The van der Waals surface area contributed by atoms with Gasteiger partial charge in [0, 0.05) is 12.5 Å². The maximum absolute atomic E-state index is 11.8. The summed E-state index contributed by atoms with van der Waals surface area (Å²) in [7, 11) is 0. The molecular weight excluding hydrogens is 270 g/mol. The number of carbonyl (C=O) groups excluding carboxylic acids is 1. The second-order valence-corrected chi connectivity index (χ2v) is 6.25. The minimum Gasteiger partial charge on any atom is -0.396 e. The lowest BCUT2D eigenvalue weighted by Gasteiger charge is -2.17. The molecule has 0 saturated carbocycles. The van der Waals surface area contributed by atoms with Crippen LogP contribution in [0, 0.1) is 17.2 Å². The molecule has 2 unspecified atom stereocenters. The molecule has 0 aliphatic rings. The lowest BCUT2D eigenvalue weighted by atomic mass is 10.0. The van der Waals surface area contributed by atoms with Crippen molar-refractivity contribution >= 4 is 27.8 Å². The Morgan fingerprint density at radius 3 is 2.60 bits per heavy atom. The molecule has 1 rings (SSSR count). The number of nitrogens with two attached hydrogens (primary N) is 1. The molecule has 0 aromatic carbocycles. The molecule has 0 radical (unpaired) electrons. The minimum atomic E-state index is -0.00775. The van der Waals surface area contributed by atoms with Crippen molar-refractivity contribution < 1.29 is 4.79 Å². The zero-order chi connectivity index (χ0) is 15.3. The molecule has 0 saturated heterocycles. The zero-order valence-electron chi connectivity index (χ0n) is 12.6. The molecule has 110 valence electrons. The van der Waals surface area contributed by atoms with Crippen molar-refractivity contribution in [1.82, 2.24) is 0 Å². The van der Waals surface area contributed by atoms with Crippen molar-refractivity contribution in [1.29, 1.82) is 5.26 Å². The highest BCUT2D eigenvalue weighted by atomic mass is 32.1. The van der Waals surface area contributed by atoms with Crippen LogP contribution in [0.5, 0.6) is 0 Å². The summed E-state index contributed by atoms with van der Waals surface area (Å²) in [4.78, 5) is 12.3. The molecule has 0 bridgehead atoms. The van der Waals surface area contributed by atoms with E-state index in [9.17, 15) is 10.1 Å². The molecule has 0 spiro atoms. The Balaban J connectivity index is 2.96. The third-order valence-corrected chi connectivity index (χ3v) is 4.64. The van der Waals surface area contributed by atoms with Gasteiger partial charge < -0.3 is 11.1 Å². The lowest BCUT2D eigenvalue weighted by molar-refractivity contribution is 0.0993. The van der Waals surface area contributed by atoms with Gasteiger partial charge in [-0.25, -0.2) is 0 Å². The zero-order valence-corrected chi connectivity index (χ0v) is 13.4. The van der Waals surface area contributed by atoms with E-state index >= 15 is 0 Å². The van der Waals surface area contributed by atoms with Gasteiger partial charge in [0.05, 0.1) is 10.6 Å². The van der Waals surface area contributed by atoms with Gasteiger partial charge in [-0.15, -0.1) is 11.3 Å². The fourth-order valence-corrected chi connectivity index (χ4v) is 3.27. The number of anilines is 2. The molecular formula is C15H23N3OS. The highest BCUT2D eigenvalue weighted by molar-refractivity contribution is 7.19. The Labute approximate surface area is 125 Å². The average Bonchev–Trinajstić information content (AvgIpc) is 2.73. The summed E-state index contributed by atoms with van der Waals surface area (Å²) in [6, 6.07) is 2.36. The van der Waals surface area contributed by atoms with Crippen LogP contribution in [-0.2, 0) is 0 Å². The molecule has 0 aliphatic carbocycles. The summed E-state index contributed by atoms with van der Waals surface area (Å²) in [6.07, 6.45) is 2.55.